The molecular formula is C14H19N5. The molecule has 19 heavy (non-hydrogen) atoms. The number of tetrazole rings is 1. The molecule has 0 radical (unpaired) electrons. The summed E-state index contributed by atoms with van der Waals surface area (Å²) in [7, 11) is 2.07. The molecule has 3 rings (SSSR count). The molecule has 2 aromatic rings. The molecule has 0 N–H and O–H groups in total. The Morgan fingerprint density at radius 1 is 1.21 bits per heavy atom. The van der Waals surface area contributed by atoms with E-state index in [1.807, 2.05) is 4.68 Å². The standard InChI is InChI=1S/C14H19N5/c1-9-18(5)12-7-6-10(14(2,3)4)8-11(12)13-15-16-17-19(9)13/h6-9H,1-5H3. The SMILES string of the molecule is CC1N(C)c2ccc(C(C)(C)C)cc2-c2nnnn21. The first-order chi connectivity index (χ1) is 8.89. The van der Waals surface area contributed by atoms with Gasteiger partial charge in [-0.2, -0.15) is 0 Å². The van der Waals surface area contributed by atoms with E-state index in [4.69, 9.17) is 0 Å². The van der Waals surface area contributed by atoms with Crippen molar-refractivity contribution in [3.05, 3.63) is 23.8 Å². The van der Waals surface area contributed by atoms with E-state index < -0.39 is 0 Å². The van der Waals surface area contributed by atoms with Crippen LogP contribution in [0.15, 0.2) is 18.2 Å². The predicted molar refractivity (Wildman–Crippen MR) is 75.1 cm³/mol. The van der Waals surface area contributed by atoms with Crippen LogP contribution >= 0.6 is 0 Å². The Hall–Kier alpha value is -1.91. The van der Waals surface area contributed by atoms with Crippen LogP contribution in [0.1, 0.15) is 39.4 Å². The fourth-order valence-electron chi connectivity index (χ4n) is 2.48. The molecule has 1 aromatic carbocycles. The second-order valence-electron chi connectivity index (χ2n) is 6.17. The minimum Gasteiger partial charge on any atom is -0.352 e. The number of fused-ring (bicyclic) bond motifs is 3. The number of rotatable bonds is 0. The summed E-state index contributed by atoms with van der Waals surface area (Å²) in [5.74, 6) is 0.853. The third kappa shape index (κ3) is 1.72. The first-order valence-corrected chi connectivity index (χ1v) is 6.55. The van der Waals surface area contributed by atoms with Gasteiger partial charge in [0.2, 0.25) is 0 Å². The van der Waals surface area contributed by atoms with Gasteiger partial charge in [0.05, 0.1) is 0 Å². The van der Waals surface area contributed by atoms with Crippen LogP contribution in [-0.4, -0.2) is 27.3 Å². The second-order valence-corrected chi connectivity index (χ2v) is 6.17. The smallest absolute Gasteiger partial charge is 0.186 e. The molecule has 0 amide bonds. The van der Waals surface area contributed by atoms with Crippen LogP contribution in [0.2, 0.25) is 0 Å². The number of nitrogens with zero attached hydrogens (tertiary/aromatic N) is 5. The summed E-state index contributed by atoms with van der Waals surface area (Å²) in [4.78, 5) is 2.20. The van der Waals surface area contributed by atoms with Gasteiger partial charge in [0.15, 0.2) is 5.82 Å². The van der Waals surface area contributed by atoms with E-state index in [0.29, 0.717) is 0 Å². The van der Waals surface area contributed by atoms with Crippen LogP contribution in [0.25, 0.3) is 11.4 Å². The first-order valence-electron chi connectivity index (χ1n) is 6.55. The van der Waals surface area contributed by atoms with Gasteiger partial charge in [-0.25, -0.2) is 4.68 Å². The van der Waals surface area contributed by atoms with Crippen molar-refractivity contribution in [1.82, 2.24) is 20.2 Å². The van der Waals surface area contributed by atoms with Crippen molar-refractivity contribution >= 4 is 5.69 Å². The Labute approximate surface area is 113 Å². The van der Waals surface area contributed by atoms with Gasteiger partial charge in [-0.1, -0.05) is 26.8 Å². The number of hydrogen-bond donors (Lipinski definition) is 0. The highest BCUT2D eigenvalue weighted by atomic mass is 15.6. The van der Waals surface area contributed by atoms with Crippen LogP contribution in [0, 0.1) is 0 Å². The molecule has 0 bridgehead atoms. The van der Waals surface area contributed by atoms with Gasteiger partial charge in [-0.05, 0) is 40.5 Å². The van der Waals surface area contributed by atoms with E-state index in [1.165, 1.54) is 11.3 Å². The lowest BCUT2D eigenvalue weighted by molar-refractivity contribution is 0.466. The van der Waals surface area contributed by atoms with Crippen LogP contribution in [0.3, 0.4) is 0 Å². The van der Waals surface area contributed by atoms with E-state index in [-0.39, 0.29) is 11.6 Å². The van der Waals surface area contributed by atoms with Crippen LogP contribution in [0.4, 0.5) is 5.69 Å². The Morgan fingerprint density at radius 3 is 2.63 bits per heavy atom. The minimum atomic E-state index is 0.120. The Balaban J connectivity index is 2.23. The largest absolute Gasteiger partial charge is 0.352 e. The van der Waals surface area contributed by atoms with Crippen molar-refractivity contribution in [2.24, 2.45) is 0 Å². The van der Waals surface area contributed by atoms with E-state index in [9.17, 15) is 0 Å². The topological polar surface area (TPSA) is 46.8 Å². The predicted octanol–water partition coefficient (Wildman–Crippen LogP) is 2.61. The highest BCUT2D eigenvalue weighted by Crippen LogP contribution is 2.39. The van der Waals surface area contributed by atoms with Crippen LogP contribution in [0.5, 0.6) is 0 Å². The lowest BCUT2D eigenvalue weighted by Crippen LogP contribution is -2.32. The van der Waals surface area contributed by atoms with Crippen LogP contribution < -0.4 is 4.90 Å². The molecule has 0 spiro atoms. The van der Waals surface area contributed by atoms with Gasteiger partial charge >= 0.3 is 0 Å². The third-order valence-corrected chi connectivity index (χ3v) is 3.89. The summed E-state index contributed by atoms with van der Waals surface area (Å²) < 4.78 is 1.87. The fourth-order valence-corrected chi connectivity index (χ4v) is 2.48. The molecule has 5 heteroatoms. The molecule has 0 saturated heterocycles. The maximum atomic E-state index is 4.18. The van der Waals surface area contributed by atoms with Crippen molar-refractivity contribution in [3.63, 3.8) is 0 Å². The second kappa shape index (κ2) is 3.79. The fraction of sp³-hybridized carbons (Fsp3) is 0.500. The van der Waals surface area contributed by atoms with E-state index in [1.54, 1.807) is 0 Å². The van der Waals surface area contributed by atoms with Gasteiger partial charge < -0.3 is 4.90 Å². The summed E-state index contributed by atoms with van der Waals surface area (Å²) in [5, 5.41) is 12.1. The van der Waals surface area contributed by atoms with E-state index >= 15 is 0 Å². The van der Waals surface area contributed by atoms with Crippen molar-refractivity contribution in [2.75, 3.05) is 11.9 Å². The number of anilines is 1. The minimum absolute atomic E-state index is 0.120. The maximum Gasteiger partial charge on any atom is 0.186 e. The maximum absolute atomic E-state index is 4.18. The molecule has 1 aliphatic rings. The Morgan fingerprint density at radius 2 is 1.95 bits per heavy atom. The summed E-state index contributed by atoms with van der Waals surface area (Å²) in [6, 6.07) is 6.58. The third-order valence-electron chi connectivity index (χ3n) is 3.89. The zero-order chi connectivity index (χ0) is 13.8. The molecule has 2 heterocycles. The first kappa shape index (κ1) is 12.1. The van der Waals surface area contributed by atoms with Crippen molar-refractivity contribution in [2.45, 2.75) is 39.3 Å². The monoisotopic (exact) mass is 257 g/mol. The molecule has 5 nitrogen and oxygen atoms in total. The molecule has 1 unspecified atom stereocenters. The zero-order valence-electron chi connectivity index (χ0n) is 12.0. The quantitative estimate of drug-likeness (QED) is 0.728. The van der Waals surface area contributed by atoms with Gasteiger partial charge in [-0.15, -0.1) is 5.10 Å². The molecular weight excluding hydrogens is 238 g/mol. The zero-order valence-corrected chi connectivity index (χ0v) is 12.0. The van der Waals surface area contributed by atoms with Crippen molar-refractivity contribution < 1.29 is 0 Å². The van der Waals surface area contributed by atoms with Crippen molar-refractivity contribution in [1.29, 1.82) is 0 Å². The average molecular weight is 257 g/mol. The highest BCUT2D eigenvalue weighted by Gasteiger charge is 2.29. The van der Waals surface area contributed by atoms with Gasteiger partial charge in [-0.3, -0.25) is 0 Å². The summed E-state index contributed by atoms with van der Waals surface area (Å²) in [6.45, 7) is 8.74. The Kier molecular flexibility index (Phi) is 2.42. The molecule has 1 aromatic heterocycles. The molecule has 0 saturated carbocycles. The molecule has 0 aliphatic carbocycles. The molecule has 100 valence electrons. The van der Waals surface area contributed by atoms with Gasteiger partial charge in [0.1, 0.15) is 6.17 Å². The summed E-state index contributed by atoms with van der Waals surface area (Å²) >= 11 is 0. The van der Waals surface area contributed by atoms with E-state index in [0.717, 1.165) is 11.4 Å². The highest BCUT2D eigenvalue weighted by molar-refractivity contribution is 5.77. The normalized spacial score (nSPS) is 18.2. The number of aromatic nitrogens is 4. The van der Waals surface area contributed by atoms with E-state index in [2.05, 4.69) is 73.4 Å². The lowest BCUT2D eigenvalue weighted by atomic mass is 9.85. The molecule has 1 aliphatic heterocycles. The summed E-state index contributed by atoms with van der Waals surface area (Å²) in [5.41, 5.74) is 3.71. The van der Waals surface area contributed by atoms with Crippen LogP contribution in [-0.2, 0) is 5.41 Å². The van der Waals surface area contributed by atoms with Gasteiger partial charge in [0.25, 0.3) is 0 Å². The average Bonchev–Trinajstić information content (AvgIpc) is 2.83. The molecule has 0 fully saturated rings. The van der Waals surface area contributed by atoms with Gasteiger partial charge in [0, 0.05) is 18.3 Å². The number of benzene rings is 1. The number of hydrogen-bond acceptors (Lipinski definition) is 4. The Bertz CT molecular complexity index is 623. The van der Waals surface area contributed by atoms with Crippen molar-refractivity contribution in [3.8, 4) is 11.4 Å². The lowest BCUT2D eigenvalue weighted by Gasteiger charge is -2.34. The summed E-state index contributed by atoms with van der Waals surface area (Å²) in [6.07, 6.45) is 0.137. The molecule has 1 atom stereocenters.